The Hall–Kier alpha value is -2.07. The lowest BCUT2D eigenvalue weighted by atomic mass is 9.92. The number of carboxylic acid groups (broad SMARTS) is 1. The van der Waals surface area contributed by atoms with Crippen molar-refractivity contribution in [3.8, 4) is 12.3 Å². The molecular formula is C19H29N3O4. The van der Waals surface area contributed by atoms with Crippen LogP contribution in [0.2, 0.25) is 0 Å². The molecule has 2 fully saturated rings. The average Bonchev–Trinajstić information content (AvgIpc) is 2.66. The number of carbonyl (C=O) groups is 3. The summed E-state index contributed by atoms with van der Waals surface area (Å²) in [4.78, 5) is 37.4. The van der Waals surface area contributed by atoms with Gasteiger partial charge in [0.1, 0.15) is 6.04 Å². The smallest absolute Gasteiger partial charge is 0.306 e. The van der Waals surface area contributed by atoms with E-state index < -0.39 is 12.0 Å². The summed E-state index contributed by atoms with van der Waals surface area (Å²) in [6, 6.07) is -0.814. The third-order valence-electron chi connectivity index (χ3n) is 5.27. The number of nitrogens with zero attached hydrogens (tertiary/aromatic N) is 1. The van der Waals surface area contributed by atoms with Gasteiger partial charge in [-0.2, -0.15) is 0 Å². The molecule has 7 nitrogen and oxygen atoms in total. The van der Waals surface area contributed by atoms with Gasteiger partial charge in [0.2, 0.25) is 11.8 Å². The molecule has 0 unspecified atom stereocenters. The Kier molecular flexibility index (Phi) is 7.92. The van der Waals surface area contributed by atoms with E-state index in [2.05, 4.69) is 16.6 Å². The van der Waals surface area contributed by atoms with E-state index in [0.717, 1.165) is 38.8 Å². The van der Waals surface area contributed by atoms with Crippen LogP contribution in [0.3, 0.4) is 0 Å². The van der Waals surface area contributed by atoms with E-state index in [4.69, 9.17) is 11.5 Å². The second-order valence-electron chi connectivity index (χ2n) is 7.24. The van der Waals surface area contributed by atoms with E-state index in [-0.39, 0.29) is 24.2 Å². The summed E-state index contributed by atoms with van der Waals surface area (Å²) >= 11 is 0. The summed E-state index contributed by atoms with van der Waals surface area (Å²) in [5.41, 5.74) is 0. The summed E-state index contributed by atoms with van der Waals surface area (Å²) in [5.74, 6) is 1.38. The molecule has 0 spiro atoms. The number of carbonyl (C=O) groups excluding carboxylic acids is 2. The number of hydrogen-bond donors (Lipinski definition) is 3. The van der Waals surface area contributed by atoms with Crippen LogP contribution in [0, 0.1) is 24.2 Å². The van der Waals surface area contributed by atoms with E-state index >= 15 is 0 Å². The van der Waals surface area contributed by atoms with Crippen molar-refractivity contribution in [3.63, 3.8) is 0 Å². The van der Waals surface area contributed by atoms with Crippen molar-refractivity contribution < 1.29 is 19.5 Å². The summed E-state index contributed by atoms with van der Waals surface area (Å²) in [5, 5.41) is 14.8. The lowest BCUT2D eigenvalue weighted by Crippen LogP contribution is -2.47. The van der Waals surface area contributed by atoms with Gasteiger partial charge in [0.05, 0.1) is 12.3 Å². The number of likely N-dealkylation sites (tertiary alicyclic amines) is 1. The van der Waals surface area contributed by atoms with Crippen LogP contribution in [0.15, 0.2) is 0 Å². The molecule has 144 valence electrons. The number of hydrogen-bond acceptors (Lipinski definition) is 4. The molecule has 2 heterocycles. The number of aliphatic carboxylic acids is 1. The fourth-order valence-electron chi connectivity index (χ4n) is 3.69. The second-order valence-corrected chi connectivity index (χ2v) is 7.24. The minimum atomic E-state index is -1.05. The molecule has 2 aliphatic heterocycles. The van der Waals surface area contributed by atoms with Gasteiger partial charge >= 0.3 is 5.97 Å². The van der Waals surface area contributed by atoms with E-state index in [0.29, 0.717) is 31.8 Å². The van der Waals surface area contributed by atoms with Gasteiger partial charge in [0, 0.05) is 19.5 Å². The van der Waals surface area contributed by atoms with Crippen LogP contribution >= 0.6 is 0 Å². The molecule has 3 N–H and O–H groups in total. The molecule has 2 aliphatic rings. The first-order chi connectivity index (χ1) is 12.5. The fraction of sp³-hybridized carbons (Fsp3) is 0.737. The van der Waals surface area contributed by atoms with Crippen LogP contribution in [-0.2, 0) is 14.4 Å². The van der Waals surface area contributed by atoms with E-state index in [1.165, 1.54) is 0 Å². The lowest BCUT2D eigenvalue weighted by Gasteiger charge is -2.33. The molecule has 7 heteroatoms. The van der Waals surface area contributed by atoms with Crippen molar-refractivity contribution in [2.45, 2.75) is 51.0 Å². The Morgan fingerprint density at radius 2 is 2.00 bits per heavy atom. The van der Waals surface area contributed by atoms with Gasteiger partial charge in [-0.1, -0.05) is 5.92 Å². The zero-order valence-electron chi connectivity index (χ0n) is 15.2. The van der Waals surface area contributed by atoms with Crippen LogP contribution in [0.25, 0.3) is 0 Å². The lowest BCUT2D eigenvalue weighted by molar-refractivity contribution is -0.137. The summed E-state index contributed by atoms with van der Waals surface area (Å²) in [6.45, 7) is 3.12. The van der Waals surface area contributed by atoms with E-state index in [9.17, 15) is 14.4 Å². The van der Waals surface area contributed by atoms with Crippen LogP contribution in [0.1, 0.15) is 44.9 Å². The third-order valence-corrected chi connectivity index (χ3v) is 5.27. The van der Waals surface area contributed by atoms with Gasteiger partial charge in [-0.15, -0.1) is 6.42 Å². The maximum absolute atomic E-state index is 12.5. The van der Waals surface area contributed by atoms with Gasteiger partial charge in [-0.25, -0.2) is 0 Å². The molecular weight excluding hydrogens is 334 g/mol. The highest BCUT2D eigenvalue weighted by Gasteiger charge is 2.29. The fourth-order valence-corrected chi connectivity index (χ4v) is 3.69. The molecule has 0 saturated carbocycles. The first-order valence-electron chi connectivity index (χ1n) is 9.46. The number of nitrogens with one attached hydrogen (secondary N) is 2. The number of piperidine rings is 2. The number of terminal acetylenes is 1. The Morgan fingerprint density at radius 1 is 1.27 bits per heavy atom. The molecule has 0 bridgehead atoms. The molecule has 2 saturated heterocycles. The second kappa shape index (κ2) is 10.2. The Morgan fingerprint density at radius 3 is 2.65 bits per heavy atom. The highest BCUT2D eigenvalue weighted by molar-refractivity contribution is 5.82. The molecule has 2 atom stereocenters. The average molecular weight is 363 g/mol. The molecule has 0 aromatic rings. The quantitative estimate of drug-likeness (QED) is 0.575. The van der Waals surface area contributed by atoms with Crippen molar-refractivity contribution in [2.75, 3.05) is 26.2 Å². The van der Waals surface area contributed by atoms with Gasteiger partial charge in [-0.3, -0.25) is 14.4 Å². The van der Waals surface area contributed by atoms with Crippen molar-refractivity contribution >= 4 is 17.8 Å². The SMILES string of the molecule is C#C[C@H](CC(=O)O)NC(=O)[C@H]1CCCN(C(=O)CCC2CCNCC2)C1. The Bertz CT molecular complexity index is 551. The van der Waals surface area contributed by atoms with Crippen molar-refractivity contribution in [1.82, 2.24) is 15.5 Å². The van der Waals surface area contributed by atoms with Gasteiger partial charge in [0.15, 0.2) is 0 Å². The maximum atomic E-state index is 12.5. The maximum Gasteiger partial charge on any atom is 0.306 e. The van der Waals surface area contributed by atoms with Gasteiger partial charge in [0.25, 0.3) is 0 Å². The van der Waals surface area contributed by atoms with Crippen LogP contribution < -0.4 is 10.6 Å². The Balaban J connectivity index is 1.79. The molecule has 0 aliphatic carbocycles. The predicted octanol–water partition coefficient (Wildman–Crippen LogP) is 0.598. The topological polar surface area (TPSA) is 98.7 Å². The Labute approximate surface area is 154 Å². The largest absolute Gasteiger partial charge is 0.481 e. The first kappa shape index (κ1) is 20.2. The number of carboxylic acids is 1. The van der Waals surface area contributed by atoms with Crippen molar-refractivity contribution in [2.24, 2.45) is 11.8 Å². The summed E-state index contributed by atoms with van der Waals surface area (Å²) in [6.07, 6.45) is 10.1. The molecule has 0 radical (unpaired) electrons. The molecule has 0 aromatic heterocycles. The molecule has 26 heavy (non-hydrogen) atoms. The zero-order chi connectivity index (χ0) is 18.9. The van der Waals surface area contributed by atoms with E-state index in [1.54, 1.807) is 4.90 Å². The van der Waals surface area contributed by atoms with Crippen molar-refractivity contribution in [3.05, 3.63) is 0 Å². The van der Waals surface area contributed by atoms with Gasteiger partial charge < -0.3 is 20.6 Å². The van der Waals surface area contributed by atoms with Gasteiger partial charge in [-0.05, 0) is 51.1 Å². The summed E-state index contributed by atoms with van der Waals surface area (Å²) in [7, 11) is 0. The highest BCUT2D eigenvalue weighted by Crippen LogP contribution is 2.21. The minimum Gasteiger partial charge on any atom is -0.481 e. The number of amides is 2. The number of rotatable bonds is 7. The third kappa shape index (κ3) is 6.34. The first-order valence-corrected chi connectivity index (χ1v) is 9.46. The molecule has 0 aromatic carbocycles. The van der Waals surface area contributed by atoms with E-state index in [1.807, 2.05) is 0 Å². The minimum absolute atomic E-state index is 0.111. The predicted molar refractivity (Wildman–Crippen MR) is 97.1 cm³/mol. The highest BCUT2D eigenvalue weighted by atomic mass is 16.4. The van der Waals surface area contributed by atoms with Crippen LogP contribution in [0.4, 0.5) is 0 Å². The normalized spacial score (nSPS) is 22.3. The van der Waals surface area contributed by atoms with Crippen molar-refractivity contribution in [1.29, 1.82) is 0 Å². The molecule has 2 amide bonds. The monoisotopic (exact) mass is 363 g/mol. The van der Waals surface area contributed by atoms with Crippen LogP contribution in [-0.4, -0.2) is 60.0 Å². The molecule has 2 rings (SSSR count). The zero-order valence-corrected chi connectivity index (χ0v) is 15.2. The van der Waals surface area contributed by atoms with Crippen LogP contribution in [0.5, 0.6) is 0 Å². The standard InChI is InChI=1S/C19H29N3O4/c1-2-16(12-18(24)25)21-19(26)15-4-3-11-22(13-15)17(23)6-5-14-7-9-20-10-8-14/h1,14-16,20H,3-13H2,(H,21,26)(H,24,25)/t15-,16+/m0/s1. The summed E-state index contributed by atoms with van der Waals surface area (Å²) < 4.78 is 0.